The van der Waals surface area contributed by atoms with Gasteiger partial charge in [0.1, 0.15) is 11.6 Å². The maximum Gasteiger partial charge on any atom is 0.145 e. The molecule has 0 atom stereocenters. The highest BCUT2D eigenvalue weighted by molar-refractivity contribution is 6.30. The van der Waals surface area contributed by atoms with Gasteiger partial charge in [-0.25, -0.2) is 4.39 Å². The lowest BCUT2D eigenvalue weighted by molar-refractivity contribution is 0.308. The summed E-state index contributed by atoms with van der Waals surface area (Å²) in [5.41, 5.74) is 0. The molecule has 4 heteroatoms. The molecule has 0 amide bonds. The van der Waals surface area contributed by atoms with E-state index in [1.54, 1.807) is 6.07 Å². The Kier molecular flexibility index (Phi) is 5.05. The van der Waals surface area contributed by atoms with Gasteiger partial charge in [0, 0.05) is 11.9 Å². The molecule has 0 aliphatic carbocycles. The fourth-order valence-electron chi connectivity index (χ4n) is 0.953. The summed E-state index contributed by atoms with van der Waals surface area (Å²) in [6.07, 6.45) is 1.77. The average molecular weight is 237 g/mol. The number of unbranched alkanes of at least 4 members (excludes halogenated alkanes) is 1. The molecule has 0 unspecified atom stereocenters. The first-order chi connectivity index (χ1) is 6.74. The minimum Gasteiger partial charge on any atom is -0.493 e. The fraction of sp³-hybridized carbons (Fsp3) is 0.400. The molecule has 0 aromatic heterocycles. The van der Waals surface area contributed by atoms with Crippen LogP contribution in [0.1, 0.15) is 12.8 Å². The topological polar surface area (TPSA) is 9.23 Å². The van der Waals surface area contributed by atoms with Crippen LogP contribution in [0.4, 0.5) is 4.39 Å². The quantitative estimate of drug-likeness (QED) is 0.557. The molecule has 1 aromatic carbocycles. The maximum absolute atomic E-state index is 12.9. The smallest absolute Gasteiger partial charge is 0.145 e. The van der Waals surface area contributed by atoms with Gasteiger partial charge in [-0.1, -0.05) is 11.6 Å². The standard InChI is InChI=1S/C10H11Cl2FO/c11-5-1-2-6-14-8-3-4-9(12)10(13)7-8/h3-4,7H,1-2,5-6H2. The van der Waals surface area contributed by atoms with Gasteiger partial charge in [0.15, 0.2) is 0 Å². The van der Waals surface area contributed by atoms with Crippen LogP contribution in [0, 0.1) is 5.82 Å². The Labute approximate surface area is 92.8 Å². The van der Waals surface area contributed by atoms with Crippen molar-refractivity contribution in [3.63, 3.8) is 0 Å². The Morgan fingerprint density at radius 3 is 2.71 bits per heavy atom. The zero-order valence-electron chi connectivity index (χ0n) is 7.60. The number of alkyl halides is 1. The molecule has 0 heterocycles. The van der Waals surface area contributed by atoms with Crippen molar-refractivity contribution in [2.24, 2.45) is 0 Å². The highest BCUT2D eigenvalue weighted by Crippen LogP contribution is 2.20. The van der Waals surface area contributed by atoms with Crippen molar-refractivity contribution >= 4 is 23.2 Å². The van der Waals surface area contributed by atoms with Crippen LogP contribution in [-0.2, 0) is 0 Å². The van der Waals surface area contributed by atoms with Gasteiger partial charge >= 0.3 is 0 Å². The Bertz CT molecular complexity index is 291. The summed E-state index contributed by atoms with van der Waals surface area (Å²) in [5.74, 6) is 0.668. The number of halogens is 3. The van der Waals surface area contributed by atoms with E-state index in [1.165, 1.54) is 12.1 Å². The van der Waals surface area contributed by atoms with Gasteiger partial charge in [-0.2, -0.15) is 0 Å². The van der Waals surface area contributed by atoms with Gasteiger partial charge < -0.3 is 4.74 Å². The minimum absolute atomic E-state index is 0.109. The fourth-order valence-corrected chi connectivity index (χ4v) is 1.26. The molecule has 0 saturated heterocycles. The third-order valence-corrected chi connectivity index (χ3v) is 2.26. The van der Waals surface area contributed by atoms with E-state index in [-0.39, 0.29) is 5.02 Å². The van der Waals surface area contributed by atoms with Crippen LogP contribution in [0.3, 0.4) is 0 Å². The first-order valence-electron chi connectivity index (χ1n) is 4.38. The molecule has 0 radical (unpaired) electrons. The number of benzene rings is 1. The van der Waals surface area contributed by atoms with Gasteiger partial charge in [-0.15, -0.1) is 11.6 Å². The van der Waals surface area contributed by atoms with Crippen LogP contribution in [0.5, 0.6) is 5.75 Å². The Morgan fingerprint density at radius 2 is 2.07 bits per heavy atom. The van der Waals surface area contributed by atoms with E-state index >= 15 is 0 Å². The summed E-state index contributed by atoms with van der Waals surface area (Å²) in [6, 6.07) is 4.41. The molecule has 78 valence electrons. The summed E-state index contributed by atoms with van der Waals surface area (Å²) in [7, 11) is 0. The van der Waals surface area contributed by atoms with Crippen molar-refractivity contribution in [1.82, 2.24) is 0 Å². The van der Waals surface area contributed by atoms with Gasteiger partial charge in [0.25, 0.3) is 0 Å². The number of hydrogen-bond donors (Lipinski definition) is 0. The molecule has 0 aliphatic heterocycles. The van der Waals surface area contributed by atoms with E-state index < -0.39 is 5.82 Å². The van der Waals surface area contributed by atoms with Crippen LogP contribution >= 0.6 is 23.2 Å². The van der Waals surface area contributed by atoms with Gasteiger partial charge in [-0.3, -0.25) is 0 Å². The second kappa shape index (κ2) is 6.10. The zero-order valence-corrected chi connectivity index (χ0v) is 9.11. The zero-order chi connectivity index (χ0) is 10.4. The van der Waals surface area contributed by atoms with E-state index in [9.17, 15) is 4.39 Å². The molecular formula is C10H11Cl2FO. The summed E-state index contributed by atoms with van der Waals surface area (Å²) < 4.78 is 18.2. The molecule has 0 fully saturated rings. The monoisotopic (exact) mass is 236 g/mol. The predicted octanol–water partition coefficient (Wildman–Crippen LogP) is 3.88. The lowest BCUT2D eigenvalue weighted by Gasteiger charge is -2.05. The molecular weight excluding hydrogens is 226 g/mol. The van der Waals surface area contributed by atoms with Crippen molar-refractivity contribution in [1.29, 1.82) is 0 Å². The summed E-state index contributed by atoms with van der Waals surface area (Å²) in [4.78, 5) is 0. The lowest BCUT2D eigenvalue weighted by atomic mass is 10.3. The van der Waals surface area contributed by atoms with Crippen LogP contribution in [0.25, 0.3) is 0 Å². The molecule has 0 N–H and O–H groups in total. The first-order valence-corrected chi connectivity index (χ1v) is 5.29. The van der Waals surface area contributed by atoms with Crippen molar-refractivity contribution in [2.75, 3.05) is 12.5 Å². The Balaban J connectivity index is 2.39. The van der Waals surface area contributed by atoms with E-state index in [0.717, 1.165) is 12.8 Å². The van der Waals surface area contributed by atoms with Crippen LogP contribution in [0.15, 0.2) is 18.2 Å². The molecule has 0 bridgehead atoms. The van der Waals surface area contributed by atoms with E-state index in [0.29, 0.717) is 18.2 Å². The Hall–Kier alpha value is -0.470. The molecule has 1 rings (SSSR count). The van der Waals surface area contributed by atoms with Crippen LogP contribution in [-0.4, -0.2) is 12.5 Å². The molecule has 0 aliphatic rings. The van der Waals surface area contributed by atoms with Crippen LogP contribution < -0.4 is 4.74 Å². The van der Waals surface area contributed by atoms with Crippen molar-refractivity contribution in [3.8, 4) is 5.75 Å². The van der Waals surface area contributed by atoms with E-state index in [2.05, 4.69) is 0 Å². The predicted molar refractivity (Wildman–Crippen MR) is 56.9 cm³/mol. The first kappa shape index (κ1) is 11.6. The highest BCUT2D eigenvalue weighted by atomic mass is 35.5. The SMILES string of the molecule is Fc1cc(OCCCCCl)ccc1Cl. The highest BCUT2D eigenvalue weighted by Gasteiger charge is 2.01. The van der Waals surface area contributed by atoms with Crippen molar-refractivity contribution in [3.05, 3.63) is 29.0 Å². The van der Waals surface area contributed by atoms with Gasteiger partial charge in [0.2, 0.25) is 0 Å². The molecule has 1 aromatic rings. The van der Waals surface area contributed by atoms with E-state index in [4.69, 9.17) is 27.9 Å². The maximum atomic E-state index is 12.9. The second-order valence-corrected chi connectivity index (χ2v) is 3.61. The average Bonchev–Trinajstić information content (AvgIpc) is 2.18. The summed E-state index contributed by atoms with van der Waals surface area (Å²) in [6.45, 7) is 0.549. The largest absolute Gasteiger partial charge is 0.493 e. The molecule has 0 saturated carbocycles. The van der Waals surface area contributed by atoms with E-state index in [1.807, 2.05) is 0 Å². The number of hydrogen-bond acceptors (Lipinski definition) is 1. The van der Waals surface area contributed by atoms with Gasteiger partial charge in [0.05, 0.1) is 11.6 Å². The Morgan fingerprint density at radius 1 is 1.29 bits per heavy atom. The molecule has 1 nitrogen and oxygen atoms in total. The summed E-state index contributed by atoms with van der Waals surface area (Å²) in [5, 5.41) is 0.109. The lowest BCUT2D eigenvalue weighted by Crippen LogP contribution is -1.97. The second-order valence-electron chi connectivity index (χ2n) is 2.82. The minimum atomic E-state index is -0.457. The normalized spacial score (nSPS) is 10.2. The van der Waals surface area contributed by atoms with Gasteiger partial charge in [-0.05, 0) is 25.0 Å². The number of rotatable bonds is 5. The number of ether oxygens (including phenoxy) is 1. The summed E-state index contributed by atoms with van der Waals surface area (Å²) >= 11 is 11.0. The third kappa shape index (κ3) is 3.72. The van der Waals surface area contributed by atoms with Crippen molar-refractivity contribution in [2.45, 2.75) is 12.8 Å². The molecule has 14 heavy (non-hydrogen) atoms. The van der Waals surface area contributed by atoms with Crippen LogP contribution in [0.2, 0.25) is 5.02 Å². The van der Waals surface area contributed by atoms with Crippen molar-refractivity contribution < 1.29 is 9.13 Å². The third-order valence-electron chi connectivity index (χ3n) is 1.69. The molecule has 0 spiro atoms.